The van der Waals surface area contributed by atoms with E-state index in [9.17, 15) is 9.59 Å². The van der Waals surface area contributed by atoms with Crippen molar-refractivity contribution >= 4 is 23.5 Å². The van der Waals surface area contributed by atoms with Crippen LogP contribution in [0.5, 0.6) is 5.75 Å². The Balaban J connectivity index is 2.60. The fourth-order valence-corrected chi connectivity index (χ4v) is 1.36. The molecule has 0 unspecified atom stereocenters. The smallest absolute Gasteiger partial charge is 0.335 e. The van der Waals surface area contributed by atoms with Gasteiger partial charge in [-0.1, -0.05) is 11.6 Å². The summed E-state index contributed by atoms with van der Waals surface area (Å²) in [6.45, 7) is 0.186. The van der Waals surface area contributed by atoms with Gasteiger partial charge >= 0.3 is 5.97 Å². The minimum atomic E-state index is -1.05. The highest BCUT2D eigenvalue weighted by Gasteiger charge is 2.08. The lowest BCUT2D eigenvalue weighted by atomic mass is 10.2. The quantitative estimate of drug-likeness (QED) is 0.839. The van der Waals surface area contributed by atoms with Crippen molar-refractivity contribution in [3.05, 3.63) is 28.8 Å². The SMILES string of the molecule is CNC(=O)CCOc1ccc(C(=O)O)cc1Cl. The van der Waals surface area contributed by atoms with Gasteiger partial charge in [0.15, 0.2) is 0 Å². The number of amides is 1. The van der Waals surface area contributed by atoms with Crippen LogP contribution in [0.2, 0.25) is 5.02 Å². The fraction of sp³-hybridized carbons (Fsp3) is 0.273. The molecule has 0 atom stereocenters. The van der Waals surface area contributed by atoms with Crippen LogP contribution in [0.3, 0.4) is 0 Å². The number of nitrogens with one attached hydrogen (secondary N) is 1. The number of carboxylic acid groups (broad SMARTS) is 1. The van der Waals surface area contributed by atoms with Crippen molar-refractivity contribution in [1.82, 2.24) is 5.32 Å². The van der Waals surface area contributed by atoms with Crippen LogP contribution in [-0.2, 0) is 4.79 Å². The van der Waals surface area contributed by atoms with Crippen molar-refractivity contribution in [3.63, 3.8) is 0 Å². The largest absolute Gasteiger partial charge is 0.491 e. The van der Waals surface area contributed by atoms with Gasteiger partial charge in [0.1, 0.15) is 5.75 Å². The molecule has 0 heterocycles. The Kier molecular flexibility index (Phi) is 4.78. The summed E-state index contributed by atoms with van der Waals surface area (Å²) in [7, 11) is 1.54. The lowest BCUT2D eigenvalue weighted by Crippen LogP contribution is -2.20. The first-order valence-corrected chi connectivity index (χ1v) is 5.28. The van der Waals surface area contributed by atoms with Crippen LogP contribution in [0, 0.1) is 0 Å². The van der Waals surface area contributed by atoms with Gasteiger partial charge in [-0.25, -0.2) is 4.79 Å². The highest BCUT2D eigenvalue weighted by Crippen LogP contribution is 2.25. The van der Waals surface area contributed by atoms with Crippen molar-refractivity contribution in [3.8, 4) is 5.75 Å². The molecular weight excluding hydrogens is 246 g/mol. The molecule has 92 valence electrons. The summed E-state index contributed by atoms with van der Waals surface area (Å²) in [5, 5.41) is 11.4. The highest BCUT2D eigenvalue weighted by atomic mass is 35.5. The van der Waals surface area contributed by atoms with Crippen molar-refractivity contribution in [1.29, 1.82) is 0 Å². The van der Waals surface area contributed by atoms with Crippen molar-refractivity contribution in [2.24, 2.45) is 0 Å². The molecule has 6 heteroatoms. The first-order valence-electron chi connectivity index (χ1n) is 4.91. The molecule has 1 aromatic rings. The number of carbonyl (C=O) groups excluding carboxylic acids is 1. The molecule has 0 saturated carbocycles. The molecule has 0 aliphatic heterocycles. The average molecular weight is 258 g/mol. The lowest BCUT2D eigenvalue weighted by Gasteiger charge is -2.07. The molecule has 17 heavy (non-hydrogen) atoms. The number of carboxylic acids is 1. The Morgan fingerprint density at radius 1 is 1.47 bits per heavy atom. The maximum absolute atomic E-state index is 10.9. The predicted octanol–water partition coefficient (Wildman–Crippen LogP) is 1.55. The first-order chi connectivity index (χ1) is 8.04. The van der Waals surface area contributed by atoms with Crippen LogP contribution in [0.1, 0.15) is 16.8 Å². The van der Waals surface area contributed by atoms with E-state index >= 15 is 0 Å². The second kappa shape index (κ2) is 6.10. The fourth-order valence-electron chi connectivity index (χ4n) is 1.13. The summed E-state index contributed by atoms with van der Waals surface area (Å²) in [5.74, 6) is -0.826. The highest BCUT2D eigenvalue weighted by molar-refractivity contribution is 6.32. The second-order valence-corrected chi connectivity index (χ2v) is 3.63. The number of benzene rings is 1. The van der Waals surface area contributed by atoms with E-state index in [-0.39, 0.29) is 29.5 Å². The maximum Gasteiger partial charge on any atom is 0.335 e. The van der Waals surface area contributed by atoms with Gasteiger partial charge in [0.25, 0.3) is 0 Å². The maximum atomic E-state index is 10.9. The molecule has 0 bridgehead atoms. The standard InChI is InChI=1S/C11H12ClNO4/c1-13-10(14)4-5-17-9-3-2-7(11(15)16)6-8(9)12/h2-3,6H,4-5H2,1H3,(H,13,14)(H,15,16). The molecular formula is C11H12ClNO4. The number of halogens is 1. The molecule has 1 rings (SSSR count). The van der Waals surface area contributed by atoms with E-state index in [1.54, 1.807) is 0 Å². The van der Waals surface area contributed by atoms with Crippen LogP contribution >= 0.6 is 11.6 Å². The predicted molar refractivity (Wildman–Crippen MR) is 62.6 cm³/mol. The monoisotopic (exact) mass is 257 g/mol. The summed E-state index contributed by atoms with van der Waals surface area (Å²) in [5.41, 5.74) is 0.0913. The van der Waals surface area contributed by atoms with Gasteiger partial charge in [0.05, 0.1) is 23.6 Å². The van der Waals surface area contributed by atoms with Crippen molar-refractivity contribution < 1.29 is 19.4 Å². The third-order valence-corrected chi connectivity index (χ3v) is 2.34. The molecule has 1 aromatic carbocycles. The van der Waals surface area contributed by atoms with Crippen LogP contribution in [0.4, 0.5) is 0 Å². The van der Waals surface area contributed by atoms with E-state index < -0.39 is 5.97 Å². The molecule has 0 radical (unpaired) electrons. The molecule has 0 fully saturated rings. The van der Waals surface area contributed by atoms with Crippen molar-refractivity contribution in [2.75, 3.05) is 13.7 Å². The first kappa shape index (κ1) is 13.3. The Hall–Kier alpha value is -1.75. The number of hydrogen-bond donors (Lipinski definition) is 2. The molecule has 0 aromatic heterocycles. The summed E-state index contributed by atoms with van der Waals surface area (Å²) in [6.07, 6.45) is 0.216. The third kappa shape index (κ3) is 3.96. The van der Waals surface area contributed by atoms with Crippen LogP contribution in [0.15, 0.2) is 18.2 Å². The van der Waals surface area contributed by atoms with E-state index in [1.807, 2.05) is 0 Å². The molecule has 0 aliphatic carbocycles. The van der Waals surface area contributed by atoms with Gasteiger partial charge in [-0.3, -0.25) is 4.79 Å². The van der Waals surface area contributed by atoms with Crippen LogP contribution in [0.25, 0.3) is 0 Å². The number of hydrogen-bond acceptors (Lipinski definition) is 3. The lowest BCUT2D eigenvalue weighted by molar-refractivity contribution is -0.121. The molecule has 0 saturated heterocycles. The van der Waals surface area contributed by atoms with E-state index in [0.717, 1.165) is 0 Å². The zero-order chi connectivity index (χ0) is 12.8. The van der Waals surface area contributed by atoms with E-state index in [2.05, 4.69) is 5.32 Å². The van der Waals surface area contributed by atoms with E-state index in [0.29, 0.717) is 5.75 Å². The number of aromatic carboxylic acids is 1. The zero-order valence-corrected chi connectivity index (χ0v) is 9.95. The summed E-state index contributed by atoms with van der Waals surface area (Å²) < 4.78 is 5.26. The minimum Gasteiger partial charge on any atom is -0.491 e. The van der Waals surface area contributed by atoms with Crippen molar-refractivity contribution in [2.45, 2.75) is 6.42 Å². The van der Waals surface area contributed by atoms with E-state index in [1.165, 1.54) is 25.2 Å². The normalized spacial score (nSPS) is 9.76. The molecule has 2 N–H and O–H groups in total. The molecule has 0 aliphatic rings. The van der Waals surface area contributed by atoms with Gasteiger partial charge in [-0.15, -0.1) is 0 Å². The number of rotatable bonds is 5. The molecule has 0 spiro atoms. The van der Waals surface area contributed by atoms with Crippen LogP contribution < -0.4 is 10.1 Å². The summed E-state index contributed by atoms with van der Waals surface area (Å²) in [4.78, 5) is 21.6. The zero-order valence-electron chi connectivity index (χ0n) is 9.20. The van der Waals surface area contributed by atoms with Gasteiger partial charge in [-0.2, -0.15) is 0 Å². The van der Waals surface area contributed by atoms with Gasteiger partial charge in [-0.05, 0) is 18.2 Å². The topological polar surface area (TPSA) is 75.6 Å². The van der Waals surface area contributed by atoms with Gasteiger partial charge < -0.3 is 15.2 Å². The van der Waals surface area contributed by atoms with Gasteiger partial charge in [0, 0.05) is 7.05 Å². The van der Waals surface area contributed by atoms with E-state index in [4.69, 9.17) is 21.4 Å². The Morgan fingerprint density at radius 3 is 2.71 bits per heavy atom. The Labute approximate surface area is 103 Å². The minimum absolute atomic E-state index is 0.0913. The summed E-state index contributed by atoms with van der Waals surface area (Å²) in [6, 6.07) is 4.16. The summed E-state index contributed by atoms with van der Waals surface area (Å²) >= 11 is 5.83. The Morgan fingerprint density at radius 2 is 2.18 bits per heavy atom. The van der Waals surface area contributed by atoms with Gasteiger partial charge in [0.2, 0.25) is 5.91 Å². The molecule has 5 nitrogen and oxygen atoms in total. The number of carbonyl (C=O) groups is 2. The van der Waals surface area contributed by atoms with Crippen LogP contribution in [-0.4, -0.2) is 30.6 Å². The molecule has 1 amide bonds. The third-order valence-electron chi connectivity index (χ3n) is 2.04. The number of ether oxygens (including phenoxy) is 1. The Bertz CT molecular complexity index is 433. The average Bonchev–Trinajstić information content (AvgIpc) is 2.30. The second-order valence-electron chi connectivity index (χ2n) is 3.22.